The third-order valence-corrected chi connectivity index (χ3v) is 8.95. The third-order valence-electron chi connectivity index (χ3n) is 8.95. The lowest BCUT2D eigenvalue weighted by Gasteiger charge is -2.64. The van der Waals surface area contributed by atoms with Gasteiger partial charge in [0, 0.05) is 0 Å². The van der Waals surface area contributed by atoms with Crippen LogP contribution in [0.15, 0.2) is 24.5 Å². The first-order valence-electron chi connectivity index (χ1n) is 14.1. The Morgan fingerprint density at radius 2 is 2.05 bits per heavy atom. The highest BCUT2D eigenvalue weighted by Crippen LogP contribution is 2.65. The molecule has 2 aromatic rings. The zero-order valence-electron chi connectivity index (χ0n) is 24.8. The highest BCUT2D eigenvalue weighted by atomic mass is 16.7. The van der Waals surface area contributed by atoms with E-state index in [9.17, 15) is 9.59 Å². The molecule has 3 saturated carbocycles. The van der Waals surface area contributed by atoms with Crippen LogP contribution in [0.4, 0.5) is 0 Å². The minimum Gasteiger partial charge on any atom is -0.496 e. The predicted molar refractivity (Wildman–Crippen MR) is 149 cm³/mol. The van der Waals surface area contributed by atoms with Crippen LogP contribution in [-0.2, 0) is 31.8 Å². The number of esters is 1. The molecule has 5 atom stereocenters. The number of para-hydroxylation sites is 1. The summed E-state index contributed by atoms with van der Waals surface area (Å²) >= 11 is 0. The van der Waals surface area contributed by atoms with Crippen molar-refractivity contribution in [1.29, 1.82) is 5.26 Å². The van der Waals surface area contributed by atoms with Gasteiger partial charge >= 0.3 is 13.1 Å². The van der Waals surface area contributed by atoms with Gasteiger partial charge in [-0.2, -0.15) is 5.26 Å². The van der Waals surface area contributed by atoms with E-state index in [4.69, 9.17) is 24.0 Å². The van der Waals surface area contributed by atoms with Gasteiger partial charge in [-0.25, -0.2) is 14.5 Å². The van der Waals surface area contributed by atoms with E-state index in [0.717, 1.165) is 12.8 Å². The molecule has 0 radical (unpaired) electrons. The molecule has 3 aliphatic carbocycles. The maximum atomic E-state index is 13.2. The molecule has 0 spiro atoms. The van der Waals surface area contributed by atoms with Gasteiger partial charge in [-0.3, -0.25) is 4.79 Å². The first-order valence-corrected chi connectivity index (χ1v) is 14.1. The number of benzene rings is 1. The fourth-order valence-corrected chi connectivity index (χ4v) is 6.83. The fourth-order valence-electron chi connectivity index (χ4n) is 6.83. The van der Waals surface area contributed by atoms with Crippen molar-refractivity contribution in [1.82, 2.24) is 20.1 Å². The Kier molecular flexibility index (Phi) is 7.41. The molecule has 1 aromatic carbocycles. The minimum absolute atomic E-state index is 0.0147. The summed E-state index contributed by atoms with van der Waals surface area (Å²) < 4.78 is 25.9. The number of hydrogen-bond donors (Lipinski definition) is 1. The number of carbonyl (C=O) groups is 2. The summed E-state index contributed by atoms with van der Waals surface area (Å²) in [5.41, 5.74) is 0.0204. The number of rotatable bonds is 8. The number of methoxy groups -OCH3 is 1. The van der Waals surface area contributed by atoms with Gasteiger partial charge in [0.25, 0.3) is 5.82 Å². The van der Waals surface area contributed by atoms with Crippen molar-refractivity contribution < 1.29 is 28.4 Å². The highest BCUT2D eigenvalue weighted by Gasteiger charge is 2.68. The number of carbonyl (C=O) groups excluding carboxylic acids is 2. The first kappa shape index (κ1) is 29.1. The molecule has 1 unspecified atom stereocenters. The molecule has 1 N–H and O–H groups in total. The zero-order valence-corrected chi connectivity index (χ0v) is 24.8. The van der Waals surface area contributed by atoms with Crippen LogP contribution < -0.4 is 10.1 Å². The number of hydrogen-bond acceptors (Lipinski definition) is 9. The maximum Gasteiger partial charge on any atom is 0.482 e. The molecule has 2 bridgehead atoms. The largest absolute Gasteiger partial charge is 0.496 e. The van der Waals surface area contributed by atoms with Crippen LogP contribution in [-0.4, -0.2) is 64.1 Å². The minimum atomic E-state index is -0.718. The maximum absolute atomic E-state index is 13.2. The van der Waals surface area contributed by atoms with Crippen LogP contribution in [0.25, 0.3) is 0 Å². The van der Waals surface area contributed by atoms with E-state index in [1.165, 1.54) is 18.1 Å². The Morgan fingerprint density at radius 1 is 1.29 bits per heavy atom. The molecule has 12 heteroatoms. The molecule has 218 valence electrons. The lowest BCUT2D eigenvalue weighted by molar-refractivity contribution is -0.199. The van der Waals surface area contributed by atoms with Gasteiger partial charge < -0.3 is 24.1 Å². The normalized spacial score (nSPS) is 26.8. The van der Waals surface area contributed by atoms with Crippen LogP contribution in [0, 0.1) is 28.6 Å². The average molecular weight is 563 g/mol. The van der Waals surface area contributed by atoms with Gasteiger partial charge in [-0.05, 0) is 75.8 Å². The van der Waals surface area contributed by atoms with Gasteiger partial charge in [0.1, 0.15) is 35.9 Å². The Morgan fingerprint density at radius 3 is 2.68 bits per heavy atom. The molecule has 11 nitrogen and oxygen atoms in total. The van der Waals surface area contributed by atoms with Crippen LogP contribution >= 0.6 is 0 Å². The summed E-state index contributed by atoms with van der Waals surface area (Å²) in [7, 11) is 0.787. The van der Waals surface area contributed by atoms with Crippen LogP contribution in [0.5, 0.6) is 5.75 Å². The fraction of sp³-hybridized carbons (Fsp3) is 0.621. The molecule has 6 rings (SSSR count). The van der Waals surface area contributed by atoms with E-state index in [2.05, 4.69) is 36.2 Å². The van der Waals surface area contributed by atoms with Gasteiger partial charge in [0.15, 0.2) is 0 Å². The van der Waals surface area contributed by atoms with E-state index >= 15 is 0 Å². The average Bonchev–Trinajstić information content (AvgIpc) is 3.50. The van der Waals surface area contributed by atoms with E-state index in [-0.39, 0.29) is 36.2 Å². The SMILES string of the molecule is COc1c(CC(NC(=O)Cn2cnc(C#N)n2)B2O[C@@H]3C[C@@H]4C[C@@H](C4(C)C)[C@]3(C)O2)cccc1C(=O)OC(C)(C)C. The summed E-state index contributed by atoms with van der Waals surface area (Å²) in [6.07, 6.45) is 3.55. The second-order valence-electron chi connectivity index (χ2n) is 13.1. The van der Waals surface area contributed by atoms with Gasteiger partial charge in [0.2, 0.25) is 5.91 Å². The molecule has 1 amide bonds. The van der Waals surface area contributed by atoms with E-state index in [1.807, 2.05) is 32.9 Å². The van der Waals surface area contributed by atoms with Crippen molar-refractivity contribution in [3.05, 3.63) is 41.5 Å². The summed E-state index contributed by atoms with van der Waals surface area (Å²) in [5, 5.41) is 16.1. The Bertz CT molecular complexity index is 1380. The second kappa shape index (κ2) is 10.4. The number of amides is 1. The molecule has 1 saturated heterocycles. The zero-order chi connectivity index (χ0) is 29.7. The van der Waals surface area contributed by atoms with Crippen LogP contribution in [0.2, 0.25) is 0 Å². The smallest absolute Gasteiger partial charge is 0.482 e. The molecule has 2 heterocycles. The quantitative estimate of drug-likeness (QED) is 0.379. The van der Waals surface area contributed by atoms with E-state index in [0.29, 0.717) is 28.7 Å². The predicted octanol–water partition coefficient (Wildman–Crippen LogP) is 3.11. The third kappa shape index (κ3) is 5.45. The van der Waals surface area contributed by atoms with Crippen LogP contribution in [0.3, 0.4) is 0 Å². The van der Waals surface area contributed by atoms with Crippen molar-refractivity contribution >= 4 is 19.0 Å². The van der Waals surface area contributed by atoms with Crippen LogP contribution in [0.1, 0.15) is 76.1 Å². The molecular weight excluding hydrogens is 525 g/mol. The summed E-state index contributed by atoms with van der Waals surface area (Å²) in [5.74, 6) is -0.154. The van der Waals surface area contributed by atoms with E-state index < -0.39 is 30.2 Å². The Balaban J connectivity index is 1.42. The lowest BCUT2D eigenvalue weighted by Crippen LogP contribution is -2.65. The molecule has 1 aromatic heterocycles. The number of ether oxygens (including phenoxy) is 2. The molecule has 1 aliphatic heterocycles. The summed E-state index contributed by atoms with van der Waals surface area (Å²) in [4.78, 5) is 30.1. The van der Waals surface area contributed by atoms with Gasteiger partial charge in [-0.15, -0.1) is 5.10 Å². The lowest BCUT2D eigenvalue weighted by atomic mass is 9.43. The number of nitrogens with zero attached hydrogens (tertiary/aromatic N) is 4. The molecule has 4 fully saturated rings. The summed E-state index contributed by atoms with van der Waals surface area (Å²) in [6.45, 7) is 12.0. The van der Waals surface area contributed by atoms with Gasteiger partial charge in [0.05, 0.1) is 24.8 Å². The van der Waals surface area contributed by atoms with Crippen molar-refractivity contribution in [3.8, 4) is 11.8 Å². The topological polar surface area (TPSA) is 138 Å². The Hall–Kier alpha value is -3.43. The standard InChI is InChI=1S/C29H38BN5O6/c1-27(2,3)39-26(37)19-10-8-9-17(25(19)38-7)11-22(33-24(36)15-35-16-32-23(14-31)34-35)30-40-21-13-18-12-20(28(18,4)5)29(21,6)41-30/h8-10,16,18,20-22H,11-13,15H2,1-7H3,(H,33,36)/t18-,20-,21+,22?,29-/m0/s1. The molecule has 4 aliphatic rings. The van der Waals surface area contributed by atoms with Crippen molar-refractivity contribution in [3.63, 3.8) is 0 Å². The molecular formula is C29H38BN5O6. The second-order valence-corrected chi connectivity index (χ2v) is 13.1. The molecule has 41 heavy (non-hydrogen) atoms. The highest BCUT2D eigenvalue weighted by molar-refractivity contribution is 6.48. The Labute approximate surface area is 241 Å². The number of nitrogens with one attached hydrogen (secondary N) is 1. The van der Waals surface area contributed by atoms with Crippen molar-refractivity contribution in [2.24, 2.45) is 17.3 Å². The van der Waals surface area contributed by atoms with E-state index in [1.54, 1.807) is 12.1 Å². The van der Waals surface area contributed by atoms with Crippen molar-refractivity contribution in [2.45, 2.75) is 90.6 Å². The number of aromatic nitrogens is 3. The number of nitriles is 1. The summed E-state index contributed by atoms with van der Waals surface area (Å²) in [6, 6.07) is 7.14. The van der Waals surface area contributed by atoms with Crippen molar-refractivity contribution in [2.75, 3.05) is 7.11 Å². The first-order chi connectivity index (χ1) is 19.2. The van der Waals surface area contributed by atoms with Gasteiger partial charge in [-0.1, -0.05) is 26.0 Å². The monoisotopic (exact) mass is 563 g/mol.